The standard InChI is InChI=1S/C17H18O2/c1-4-16(18)14-7-5-13(6-8-14)15-9-10-17(19-3)12(2)11-15/h5-11H,4H2,1-3H3. The van der Waals surface area contributed by atoms with Crippen LogP contribution in [0.3, 0.4) is 0 Å². The van der Waals surface area contributed by atoms with Gasteiger partial charge in [-0.3, -0.25) is 4.79 Å². The number of benzene rings is 2. The summed E-state index contributed by atoms with van der Waals surface area (Å²) in [7, 11) is 1.67. The molecule has 2 rings (SSSR count). The lowest BCUT2D eigenvalue weighted by atomic mass is 10.00. The molecule has 2 aromatic rings. The van der Waals surface area contributed by atoms with Gasteiger partial charge >= 0.3 is 0 Å². The molecular formula is C17H18O2. The summed E-state index contributed by atoms with van der Waals surface area (Å²) in [6.07, 6.45) is 0.543. The molecule has 0 saturated heterocycles. The van der Waals surface area contributed by atoms with Crippen molar-refractivity contribution in [1.82, 2.24) is 0 Å². The van der Waals surface area contributed by atoms with Crippen molar-refractivity contribution in [2.45, 2.75) is 20.3 Å². The third-order valence-electron chi connectivity index (χ3n) is 3.26. The quantitative estimate of drug-likeness (QED) is 0.762. The SMILES string of the molecule is CCC(=O)c1ccc(-c2ccc(OC)c(C)c2)cc1. The Morgan fingerprint density at radius 3 is 2.21 bits per heavy atom. The third kappa shape index (κ3) is 2.84. The molecule has 98 valence electrons. The van der Waals surface area contributed by atoms with E-state index in [1.165, 1.54) is 0 Å². The maximum Gasteiger partial charge on any atom is 0.162 e. The van der Waals surface area contributed by atoms with E-state index in [-0.39, 0.29) is 5.78 Å². The predicted molar refractivity (Wildman–Crippen MR) is 77.8 cm³/mol. The van der Waals surface area contributed by atoms with Crippen LogP contribution in [0.1, 0.15) is 29.3 Å². The van der Waals surface area contributed by atoms with Crippen LogP contribution in [-0.4, -0.2) is 12.9 Å². The van der Waals surface area contributed by atoms with Crippen LogP contribution in [0.25, 0.3) is 11.1 Å². The van der Waals surface area contributed by atoms with Crippen LogP contribution in [0.15, 0.2) is 42.5 Å². The van der Waals surface area contributed by atoms with Crippen molar-refractivity contribution < 1.29 is 9.53 Å². The van der Waals surface area contributed by atoms with Crippen molar-refractivity contribution in [3.8, 4) is 16.9 Å². The molecule has 0 aliphatic heterocycles. The second-order valence-electron chi connectivity index (χ2n) is 4.54. The van der Waals surface area contributed by atoms with Crippen molar-refractivity contribution in [3.63, 3.8) is 0 Å². The first-order valence-electron chi connectivity index (χ1n) is 6.44. The highest BCUT2D eigenvalue weighted by Crippen LogP contribution is 2.26. The van der Waals surface area contributed by atoms with E-state index in [2.05, 4.69) is 6.07 Å². The zero-order valence-electron chi connectivity index (χ0n) is 11.6. The molecule has 2 nitrogen and oxygen atoms in total. The predicted octanol–water partition coefficient (Wildman–Crippen LogP) is 4.26. The molecule has 0 bridgehead atoms. The number of Topliss-reactive ketones (excluding diaryl/α,β-unsaturated/α-hetero) is 1. The van der Waals surface area contributed by atoms with Gasteiger partial charge in [0.15, 0.2) is 5.78 Å². The molecule has 0 amide bonds. The Balaban J connectivity index is 2.32. The first kappa shape index (κ1) is 13.3. The number of carbonyl (C=O) groups is 1. The molecule has 0 radical (unpaired) electrons. The van der Waals surface area contributed by atoms with Gasteiger partial charge in [-0.25, -0.2) is 0 Å². The molecule has 0 fully saturated rings. The lowest BCUT2D eigenvalue weighted by Gasteiger charge is -2.08. The lowest BCUT2D eigenvalue weighted by Crippen LogP contribution is -1.95. The van der Waals surface area contributed by atoms with Crippen molar-refractivity contribution >= 4 is 5.78 Å². The van der Waals surface area contributed by atoms with Crippen LogP contribution in [0, 0.1) is 6.92 Å². The van der Waals surface area contributed by atoms with Crippen LogP contribution in [0.4, 0.5) is 0 Å². The van der Waals surface area contributed by atoms with Gasteiger partial charge in [-0.05, 0) is 35.7 Å². The lowest BCUT2D eigenvalue weighted by molar-refractivity contribution is 0.0988. The van der Waals surface area contributed by atoms with Crippen molar-refractivity contribution in [3.05, 3.63) is 53.6 Å². The number of ether oxygens (including phenoxy) is 1. The number of aryl methyl sites for hydroxylation is 1. The summed E-state index contributed by atoms with van der Waals surface area (Å²) in [5.41, 5.74) is 4.12. The molecule has 2 aromatic carbocycles. The summed E-state index contributed by atoms with van der Waals surface area (Å²) in [5, 5.41) is 0. The largest absolute Gasteiger partial charge is 0.496 e. The van der Waals surface area contributed by atoms with Crippen molar-refractivity contribution in [2.24, 2.45) is 0 Å². The second-order valence-corrected chi connectivity index (χ2v) is 4.54. The van der Waals surface area contributed by atoms with E-state index in [1.807, 2.05) is 50.2 Å². The number of hydrogen-bond acceptors (Lipinski definition) is 2. The zero-order chi connectivity index (χ0) is 13.8. The van der Waals surface area contributed by atoms with E-state index in [0.29, 0.717) is 6.42 Å². The van der Waals surface area contributed by atoms with Crippen molar-refractivity contribution in [1.29, 1.82) is 0 Å². The van der Waals surface area contributed by atoms with E-state index in [0.717, 1.165) is 28.0 Å². The van der Waals surface area contributed by atoms with Gasteiger partial charge in [-0.15, -0.1) is 0 Å². The Kier molecular flexibility index (Phi) is 4.00. The van der Waals surface area contributed by atoms with Gasteiger partial charge in [0.05, 0.1) is 7.11 Å². The number of methoxy groups -OCH3 is 1. The van der Waals surface area contributed by atoms with Crippen LogP contribution in [0.5, 0.6) is 5.75 Å². The van der Waals surface area contributed by atoms with E-state index in [9.17, 15) is 4.79 Å². The minimum absolute atomic E-state index is 0.178. The number of hydrogen-bond donors (Lipinski definition) is 0. The highest BCUT2D eigenvalue weighted by atomic mass is 16.5. The van der Waals surface area contributed by atoms with Gasteiger partial charge in [0, 0.05) is 12.0 Å². The van der Waals surface area contributed by atoms with Crippen LogP contribution in [0.2, 0.25) is 0 Å². The van der Waals surface area contributed by atoms with Crippen molar-refractivity contribution in [2.75, 3.05) is 7.11 Å². The topological polar surface area (TPSA) is 26.3 Å². The molecule has 0 atom stereocenters. The molecule has 0 aliphatic carbocycles. The fourth-order valence-corrected chi connectivity index (χ4v) is 2.11. The monoisotopic (exact) mass is 254 g/mol. The first-order chi connectivity index (χ1) is 9.15. The summed E-state index contributed by atoms with van der Waals surface area (Å²) in [5.74, 6) is 1.07. The summed E-state index contributed by atoms with van der Waals surface area (Å²) in [6, 6.07) is 13.9. The Labute approximate surface area is 114 Å². The molecule has 19 heavy (non-hydrogen) atoms. The molecular weight excluding hydrogens is 236 g/mol. The average Bonchev–Trinajstić information content (AvgIpc) is 2.46. The number of rotatable bonds is 4. The normalized spacial score (nSPS) is 10.3. The van der Waals surface area contributed by atoms with Gasteiger partial charge in [0.25, 0.3) is 0 Å². The maximum atomic E-state index is 11.6. The van der Waals surface area contributed by atoms with Crippen LogP contribution in [-0.2, 0) is 0 Å². The number of carbonyl (C=O) groups excluding carboxylic acids is 1. The highest BCUT2D eigenvalue weighted by molar-refractivity contribution is 5.96. The Bertz CT molecular complexity index is 583. The Morgan fingerprint density at radius 2 is 1.68 bits per heavy atom. The van der Waals surface area contributed by atoms with Gasteiger partial charge < -0.3 is 4.74 Å². The molecule has 0 spiro atoms. The summed E-state index contributed by atoms with van der Waals surface area (Å²) in [6.45, 7) is 3.90. The fraction of sp³-hybridized carbons (Fsp3) is 0.235. The molecule has 0 saturated carbocycles. The van der Waals surface area contributed by atoms with E-state index >= 15 is 0 Å². The average molecular weight is 254 g/mol. The molecule has 0 aromatic heterocycles. The smallest absolute Gasteiger partial charge is 0.162 e. The molecule has 0 unspecified atom stereocenters. The van der Waals surface area contributed by atoms with Gasteiger partial charge in [0.2, 0.25) is 0 Å². The summed E-state index contributed by atoms with van der Waals surface area (Å²) < 4.78 is 5.26. The second kappa shape index (κ2) is 5.70. The fourth-order valence-electron chi connectivity index (χ4n) is 2.11. The van der Waals surface area contributed by atoms with Crippen LogP contribution >= 0.6 is 0 Å². The van der Waals surface area contributed by atoms with E-state index in [4.69, 9.17) is 4.74 Å². The summed E-state index contributed by atoms with van der Waals surface area (Å²) in [4.78, 5) is 11.6. The minimum Gasteiger partial charge on any atom is -0.496 e. The first-order valence-corrected chi connectivity index (χ1v) is 6.44. The summed E-state index contributed by atoms with van der Waals surface area (Å²) >= 11 is 0. The molecule has 0 aliphatic rings. The highest BCUT2D eigenvalue weighted by Gasteiger charge is 2.05. The Hall–Kier alpha value is -2.09. The van der Waals surface area contributed by atoms with Gasteiger partial charge in [0.1, 0.15) is 5.75 Å². The zero-order valence-corrected chi connectivity index (χ0v) is 11.6. The Morgan fingerprint density at radius 1 is 1.05 bits per heavy atom. The number of ketones is 1. The molecule has 0 heterocycles. The molecule has 2 heteroatoms. The van der Waals surface area contributed by atoms with E-state index in [1.54, 1.807) is 7.11 Å². The third-order valence-corrected chi connectivity index (χ3v) is 3.26. The van der Waals surface area contributed by atoms with Gasteiger partial charge in [-0.2, -0.15) is 0 Å². The maximum absolute atomic E-state index is 11.6. The minimum atomic E-state index is 0.178. The van der Waals surface area contributed by atoms with Gasteiger partial charge in [-0.1, -0.05) is 37.3 Å². The molecule has 0 N–H and O–H groups in total. The van der Waals surface area contributed by atoms with Crippen LogP contribution < -0.4 is 4.74 Å². The van der Waals surface area contributed by atoms with E-state index < -0.39 is 0 Å².